The minimum absolute atomic E-state index is 0.286. The molecule has 0 aliphatic heterocycles. The smallest absolute Gasteiger partial charge is 0.218 e. The van der Waals surface area contributed by atoms with Crippen LogP contribution >= 0.6 is 11.6 Å². The van der Waals surface area contributed by atoms with Crippen LogP contribution in [-0.2, 0) is 13.6 Å². The molecule has 0 bridgehead atoms. The van der Waals surface area contributed by atoms with Gasteiger partial charge in [-0.2, -0.15) is 10.4 Å². The Morgan fingerprint density at radius 2 is 2.00 bits per heavy atom. The van der Waals surface area contributed by atoms with Gasteiger partial charge in [-0.3, -0.25) is 4.98 Å². The second-order valence-corrected chi connectivity index (χ2v) is 6.86. The Hall–Kier alpha value is -3.73. The van der Waals surface area contributed by atoms with Gasteiger partial charge in [-0.05, 0) is 42.0 Å². The fourth-order valence-electron chi connectivity index (χ4n) is 3.03. The van der Waals surface area contributed by atoms with Crippen molar-refractivity contribution in [2.45, 2.75) is 6.54 Å². The molecule has 4 aromatic rings. The Kier molecular flexibility index (Phi) is 5.44. The Labute approximate surface area is 178 Å². The average Bonchev–Trinajstić information content (AvgIpc) is 3.14. The van der Waals surface area contributed by atoms with Crippen molar-refractivity contribution in [3.8, 4) is 40.3 Å². The highest BCUT2D eigenvalue weighted by Crippen LogP contribution is 2.36. The molecule has 3 aromatic heterocycles. The molecule has 30 heavy (non-hydrogen) atoms. The molecule has 1 aromatic carbocycles. The van der Waals surface area contributed by atoms with Crippen LogP contribution in [0, 0.1) is 11.3 Å². The number of nitrogens with zero attached hydrogens (tertiary/aromatic N) is 5. The van der Waals surface area contributed by atoms with Gasteiger partial charge in [-0.25, -0.2) is 9.67 Å². The zero-order valence-corrected chi connectivity index (χ0v) is 16.8. The number of halogens is 1. The molecular weight excluding hydrogens is 400 g/mol. The molecule has 0 amide bonds. The number of pyridine rings is 2. The number of nitriles is 1. The Balaban J connectivity index is 1.80. The molecule has 0 fully saturated rings. The van der Waals surface area contributed by atoms with Crippen molar-refractivity contribution in [2.75, 3.05) is 0 Å². The number of rotatable bonds is 5. The molecule has 148 valence electrons. The molecule has 0 saturated heterocycles. The van der Waals surface area contributed by atoms with Gasteiger partial charge in [0, 0.05) is 31.4 Å². The lowest BCUT2D eigenvalue weighted by Gasteiger charge is -2.14. The summed E-state index contributed by atoms with van der Waals surface area (Å²) >= 11 is 6.13. The molecule has 3 heterocycles. The molecule has 7 nitrogen and oxygen atoms in total. The number of hydrogen-bond acceptors (Lipinski definition) is 6. The second kappa shape index (κ2) is 8.33. The van der Waals surface area contributed by atoms with E-state index in [1.165, 1.54) is 0 Å². The second-order valence-electron chi connectivity index (χ2n) is 6.48. The highest BCUT2D eigenvalue weighted by molar-refractivity contribution is 6.29. The van der Waals surface area contributed by atoms with E-state index in [-0.39, 0.29) is 6.54 Å². The van der Waals surface area contributed by atoms with Gasteiger partial charge in [0.15, 0.2) is 0 Å². The summed E-state index contributed by atoms with van der Waals surface area (Å²) in [5, 5.41) is 14.2. The van der Waals surface area contributed by atoms with Gasteiger partial charge < -0.3 is 10.5 Å². The van der Waals surface area contributed by atoms with Crippen molar-refractivity contribution in [3.05, 3.63) is 77.1 Å². The van der Waals surface area contributed by atoms with Crippen molar-refractivity contribution in [1.82, 2.24) is 19.7 Å². The van der Waals surface area contributed by atoms with Gasteiger partial charge >= 0.3 is 0 Å². The Morgan fingerprint density at radius 3 is 2.73 bits per heavy atom. The van der Waals surface area contributed by atoms with E-state index >= 15 is 0 Å². The van der Waals surface area contributed by atoms with Crippen molar-refractivity contribution in [2.24, 2.45) is 12.8 Å². The molecule has 0 unspecified atom stereocenters. The third-order valence-corrected chi connectivity index (χ3v) is 4.72. The van der Waals surface area contributed by atoms with Crippen LogP contribution in [0.4, 0.5) is 0 Å². The van der Waals surface area contributed by atoms with E-state index in [0.717, 1.165) is 11.3 Å². The van der Waals surface area contributed by atoms with E-state index in [1.807, 2.05) is 24.3 Å². The monoisotopic (exact) mass is 416 g/mol. The van der Waals surface area contributed by atoms with Crippen molar-refractivity contribution >= 4 is 11.6 Å². The first-order valence-corrected chi connectivity index (χ1v) is 9.50. The summed E-state index contributed by atoms with van der Waals surface area (Å²) < 4.78 is 7.79. The Morgan fingerprint density at radius 1 is 1.13 bits per heavy atom. The highest BCUT2D eigenvalue weighted by atomic mass is 35.5. The zero-order chi connectivity index (χ0) is 21.1. The molecule has 0 aliphatic rings. The molecule has 8 heteroatoms. The van der Waals surface area contributed by atoms with Crippen LogP contribution in [0.25, 0.3) is 22.6 Å². The molecule has 0 atom stereocenters. The molecule has 0 aliphatic carbocycles. The first-order chi connectivity index (χ1) is 14.6. The molecule has 2 N–H and O–H groups in total. The van der Waals surface area contributed by atoms with Gasteiger partial charge in [-0.15, -0.1) is 0 Å². The molecule has 0 saturated carbocycles. The van der Waals surface area contributed by atoms with Gasteiger partial charge in [0.05, 0.1) is 23.0 Å². The summed E-state index contributed by atoms with van der Waals surface area (Å²) in [6.45, 7) is 0.286. The van der Waals surface area contributed by atoms with Crippen LogP contribution in [0.3, 0.4) is 0 Å². The predicted molar refractivity (Wildman–Crippen MR) is 114 cm³/mol. The summed E-state index contributed by atoms with van der Waals surface area (Å²) in [6.07, 6.45) is 1.71. The molecule has 0 radical (unpaired) electrons. The van der Waals surface area contributed by atoms with Crippen LogP contribution in [-0.4, -0.2) is 19.7 Å². The van der Waals surface area contributed by atoms with E-state index in [4.69, 9.17) is 22.1 Å². The van der Waals surface area contributed by atoms with Crippen molar-refractivity contribution in [1.29, 1.82) is 5.26 Å². The number of nitrogens with two attached hydrogens (primary N) is 1. The lowest BCUT2D eigenvalue weighted by Crippen LogP contribution is -2.03. The minimum atomic E-state index is 0.286. The van der Waals surface area contributed by atoms with Crippen LogP contribution in [0.15, 0.2) is 60.8 Å². The highest BCUT2D eigenvalue weighted by Gasteiger charge is 2.17. The van der Waals surface area contributed by atoms with E-state index in [9.17, 15) is 5.26 Å². The minimum Gasteiger partial charge on any atom is -0.439 e. The number of aryl methyl sites for hydroxylation is 1. The maximum atomic E-state index is 9.35. The maximum absolute atomic E-state index is 9.35. The van der Waals surface area contributed by atoms with E-state index in [2.05, 4.69) is 21.1 Å². The van der Waals surface area contributed by atoms with Crippen LogP contribution in [0.5, 0.6) is 11.6 Å². The molecule has 0 spiro atoms. The SMILES string of the molecule is Cn1nc(-c2ccccn2)cc1Oc1cc(C#N)ccc1-c1nc(Cl)ccc1CN. The van der Waals surface area contributed by atoms with E-state index < -0.39 is 0 Å². The van der Waals surface area contributed by atoms with E-state index in [0.29, 0.717) is 39.3 Å². The van der Waals surface area contributed by atoms with Crippen LogP contribution in [0.2, 0.25) is 5.15 Å². The topological polar surface area (TPSA) is 103 Å². The molecule has 4 rings (SSSR count). The van der Waals surface area contributed by atoms with Crippen LogP contribution < -0.4 is 10.5 Å². The van der Waals surface area contributed by atoms with Gasteiger partial charge in [0.25, 0.3) is 0 Å². The maximum Gasteiger partial charge on any atom is 0.218 e. The fraction of sp³-hybridized carbons (Fsp3) is 0.0909. The lowest BCUT2D eigenvalue weighted by atomic mass is 10.0. The van der Waals surface area contributed by atoms with Gasteiger partial charge in [-0.1, -0.05) is 23.7 Å². The third kappa shape index (κ3) is 3.87. The summed E-state index contributed by atoms with van der Waals surface area (Å²) in [5.74, 6) is 0.942. The first-order valence-electron chi connectivity index (χ1n) is 9.12. The third-order valence-electron chi connectivity index (χ3n) is 4.51. The van der Waals surface area contributed by atoms with Gasteiger partial charge in [0.1, 0.15) is 16.6 Å². The van der Waals surface area contributed by atoms with E-state index in [1.54, 1.807) is 48.3 Å². The molecular formula is C22H17ClN6O. The summed E-state index contributed by atoms with van der Waals surface area (Å²) in [7, 11) is 1.78. The predicted octanol–water partition coefficient (Wildman–Crippen LogP) is 4.32. The van der Waals surface area contributed by atoms with Gasteiger partial charge in [0.2, 0.25) is 5.88 Å². The summed E-state index contributed by atoms with van der Waals surface area (Å²) in [6, 6.07) is 18.2. The van der Waals surface area contributed by atoms with Crippen LogP contribution in [0.1, 0.15) is 11.1 Å². The summed E-state index contributed by atoms with van der Waals surface area (Å²) in [4.78, 5) is 8.76. The zero-order valence-electron chi connectivity index (χ0n) is 16.1. The lowest BCUT2D eigenvalue weighted by molar-refractivity contribution is 0.432. The number of aromatic nitrogens is 4. The Bertz CT molecular complexity index is 1250. The number of ether oxygens (including phenoxy) is 1. The quantitative estimate of drug-likeness (QED) is 0.486. The van der Waals surface area contributed by atoms with Crippen molar-refractivity contribution < 1.29 is 4.74 Å². The normalized spacial score (nSPS) is 10.6. The number of benzene rings is 1. The summed E-state index contributed by atoms with van der Waals surface area (Å²) in [5.41, 5.74) is 9.85. The largest absolute Gasteiger partial charge is 0.439 e. The standard InChI is InChI=1S/C22H17ClN6O/c1-29-21(11-18(28-29)17-4-2-3-9-26-17)30-19-10-14(12-24)5-7-16(19)22-15(13-25)6-8-20(23)27-22/h2-11H,13,25H2,1H3. The average molecular weight is 417 g/mol. The number of hydrogen-bond donors (Lipinski definition) is 1. The first kappa shape index (κ1) is 19.6. The fourth-order valence-corrected chi connectivity index (χ4v) is 3.18. The van der Waals surface area contributed by atoms with Crippen molar-refractivity contribution in [3.63, 3.8) is 0 Å².